The molecule has 21 heavy (non-hydrogen) atoms. The standard InChI is InChI=1S/C18H20BrNO/c1-20-18-14(9-12-5-3-4-6-16(12)18)10-13-11-15(21-2)7-8-17(13)19/h3-8,11,14,18,20H,9-10H2,1-2H3. The molecule has 1 aliphatic carbocycles. The van der Waals surface area contributed by atoms with Crippen molar-refractivity contribution in [3.05, 3.63) is 63.6 Å². The Morgan fingerprint density at radius 1 is 1.24 bits per heavy atom. The van der Waals surface area contributed by atoms with Crippen LogP contribution in [0.15, 0.2) is 46.9 Å². The van der Waals surface area contributed by atoms with E-state index >= 15 is 0 Å². The fraction of sp³-hybridized carbons (Fsp3) is 0.333. The first-order valence-corrected chi connectivity index (χ1v) is 8.09. The van der Waals surface area contributed by atoms with Crippen LogP contribution in [-0.2, 0) is 12.8 Å². The van der Waals surface area contributed by atoms with Crippen molar-refractivity contribution in [3.8, 4) is 5.75 Å². The predicted molar refractivity (Wildman–Crippen MR) is 89.8 cm³/mol. The van der Waals surface area contributed by atoms with Gasteiger partial charge in [0, 0.05) is 10.5 Å². The quantitative estimate of drug-likeness (QED) is 0.899. The maximum atomic E-state index is 5.35. The third-order valence-electron chi connectivity index (χ3n) is 4.39. The maximum Gasteiger partial charge on any atom is 0.119 e. The molecule has 2 nitrogen and oxygen atoms in total. The van der Waals surface area contributed by atoms with Gasteiger partial charge in [-0.05, 0) is 60.7 Å². The van der Waals surface area contributed by atoms with E-state index in [2.05, 4.69) is 64.7 Å². The molecule has 0 saturated carbocycles. The Morgan fingerprint density at radius 2 is 2.05 bits per heavy atom. The Morgan fingerprint density at radius 3 is 2.81 bits per heavy atom. The van der Waals surface area contributed by atoms with Crippen LogP contribution in [0.25, 0.3) is 0 Å². The first-order valence-electron chi connectivity index (χ1n) is 7.30. The Bertz CT molecular complexity index is 641. The van der Waals surface area contributed by atoms with E-state index in [1.54, 1.807) is 7.11 Å². The second kappa shape index (κ2) is 6.20. The highest BCUT2D eigenvalue weighted by Crippen LogP contribution is 2.39. The van der Waals surface area contributed by atoms with Crippen LogP contribution in [0.4, 0.5) is 0 Å². The summed E-state index contributed by atoms with van der Waals surface area (Å²) in [7, 11) is 3.77. The molecule has 1 N–H and O–H groups in total. The molecule has 1 aliphatic rings. The van der Waals surface area contributed by atoms with Gasteiger partial charge in [0.15, 0.2) is 0 Å². The number of halogens is 1. The molecule has 0 bridgehead atoms. The third kappa shape index (κ3) is 2.85. The summed E-state index contributed by atoms with van der Waals surface area (Å²) in [6, 6.07) is 15.4. The van der Waals surface area contributed by atoms with Crippen molar-refractivity contribution in [1.82, 2.24) is 5.32 Å². The fourth-order valence-electron chi connectivity index (χ4n) is 3.38. The van der Waals surface area contributed by atoms with Crippen molar-refractivity contribution in [2.24, 2.45) is 5.92 Å². The number of hydrogen-bond donors (Lipinski definition) is 1. The first kappa shape index (κ1) is 14.6. The van der Waals surface area contributed by atoms with Crippen LogP contribution in [0.2, 0.25) is 0 Å². The number of ether oxygens (including phenoxy) is 1. The van der Waals surface area contributed by atoms with Gasteiger partial charge in [-0.3, -0.25) is 0 Å². The molecule has 0 amide bonds. The lowest BCUT2D eigenvalue weighted by Gasteiger charge is -2.21. The molecule has 0 aromatic heterocycles. The smallest absolute Gasteiger partial charge is 0.119 e. The van der Waals surface area contributed by atoms with Crippen molar-refractivity contribution in [1.29, 1.82) is 0 Å². The minimum absolute atomic E-state index is 0.430. The van der Waals surface area contributed by atoms with Crippen LogP contribution in [-0.4, -0.2) is 14.2 Å². The summed E-state index contributed by atoms with van der Waals surface area (Å²) < 4.78 is 6.51. The fourth-order valence-corrected chi connectivity index (χ4v) is 3.78. The predicted octanol–water partition coefficient (Wildman–Crippen LogP) is 4.13. The molecule has 0 spiro atoms. The number of fused-ring (bicyclic) bond motifs is 1. The van der Waals surface area contributed by atoms with Gasteiger partial charge in [-0.25, -0.2) is 0 Å². The van der Waals surface area contributed by atoms with E-state index in [1.807, 2.05) is 6.07 Å². The summed E-state index contributed by atoms with van der Waals surface area (Å²) in [6.45, 7) is 0. The molecule has 0 aliphatic heterocycles. The normalized spacial score (nSPS) is 20.3. The minimum atomic E-state index is 0.430. The highest BCUT2D eigenvalue weighted by atomic mass is 79.9. The zero-order chi connectivity index (χ0) is 14.8. The third-order valence-corrected chi connectivity index (χ3v) is 5.16. The molecule has 0 saturated heterocycles. The van der Waals surface area contributed by atoms with Gasteiger partial charge in [-0.15, -0.1) is 0 Å². The zero-order valence-electron chi connectivity index (χ0n) is 12.4. The Balaban J connectivity index is 1.86. The van der Waals surface area contributed by atoms with Crippen LogP contribution in [0.3, 0.4) is 0 Å². The molecule has 2 aromatic carbocycles. The Kier molecular flexibility index (Phi) is 4.32. The molecule has 2 aromatic rings. The largest absolute Gasteiger partial charge is 0.497 e. The zero-order valence-corrected chi connectivity index (χ0v) is 14.0. The molecule has 0 heterocycles. The van der Waals surface area contributed by atoms with Crippen LogP contribution < -0.4 is 10.1 Å². The van der Waals surface area contributed by atoms with Crippen molar-refractivity contribution >= 4 is 15.9 Å². The Labute approximate surface area is 134 Å². The number of benzene rings is 2. The molecule has 0 fully saturated rings. The summed E-state index contributed by atoms with van der Waals surface area (Å²) >= 11 is 3.67. The molecule has 0 radical (unpaired) electrons. The summed E-state index contributed by atoms with van der Waals surface area (Å²) in [5.74, 6) is 1.50. The van der Waals surface area contributed by atoms with Crippen molar-refractivity contribution in [2.75, 3.05) is 14.2 Å². The summed E-state index contributed by atoms with van der Waals surface area (Å²) in [5.41, 5.74) is 4.23. The first-order chi connectivity index (χ1) is 10.2. The second-order valence-electron chi connectivity index (χ2n) is 5.59. The second-order valence-corrected chi connectivity index (χ2v) is 6.45. The molecule has 2 atom stereocenters. The van der Waals surface area contributed by atoms with Gasteiger partial charge in [0.2, 0.25) is 0 Å². The van der Waals surface area contributed by atoms with E-state index in [-0.39, 0.29) is 0 Å². The van der Waals surface area contributed by atoms with Crippen molar-refractivity contribution in [3.63, 3.8) is 0 Å². The number of hydrogen-bond acceptors (Lipinski definition) is 2. The highest BCUT2D eigenvalue weighted by Gasteiger charge is 2.31. The average Bonchev–Trinajstić information content (AvgIpc) is 2.86. The maximum absolute atomic E-state index is 5.35. The average molecular weight is 346 g/mol. The monoisotopic (exact) mass is 345 g/mol. The van der Waals surface area contributed by atoms with Crippen LogP contribution in [0, 0.1) is 5.92 Å². The topological polar surface area (TPSA) is 21.3 Å². The van der Waals surface area contributed by atoms with E-state index in [0.717, 1.165) is 23.1 Å². The lowest BCUT2D eigenvalue weighted by molar-refractivity contribution is 0.402. The lowest BCUT2D eigenvalue weighted by Crippen LogP contribution is -2.23. The number of nitrogens with one attached hydrogen (secondary N) is 1. The molecule has 110 valence electrons. The van der Waals surface area contributed by atoms with Gasteiger partial charge in [0.25, 0.3) is 0 Å². The summed E-state index contributed by atoms with van der Waals surface area (Å²) in [4.78, 5) is 0. The van der Waals surface area contributed by atoms with Gasteiger partial charge in [0.1, 0.15) is 5.75 Å². The van der Waals surface area contributed by atoms with Gasteiger partial charge >= 0.3 is 0 Å². The van der Waals surface area contributed by atoms with Crippen molar-refractivity contribution in [2.45, 2.75) is 18.9 Å². The van der Waals surface area contributed by atoms with E-state index in [0.29, 0.717) is 12.0 Å². The highest BCUT2D eigenvalue weighted by molar-refractivity contribution is 9.10. The number of rotatable bonds is 4. The SMILES string of the molecule is CNC1c2ccccc2CC1Cc1cc(OC)ccc1Br. The molecule has 3 heteroatoms. The van der Waals surface area contributed by atoms with Gasteiger partial charge in [-0.1, -0.05) is 40.2 Å². The van der Waals surface area contributed by atoms with E-state index in [4.69, 9.17) is 4.74 Å². The lowest BCUT2D eigenvalue weighted by atomic mass is 9.93. The van der Waals surface area contributed by atoms with Gasteiger partial charge < -0.3 is 10.1 Å². The van der Waals surface area contributed by atoms with E-state index in [1.165, 1.54) is 16.7 Å². The van der Waals surface area contributed by atoms with Crippen LogP contribution in [0.1, 0.15) is 22.7 Å². The molecule has 2 unspecified atom stereocenters. The van der Waals surface area contributed by atoms with Gasteiger partial charge in [0.05, 0.1) is 7.11 Å². The van der Waals surface area contributed by atoms with E-state index < -0.39 is 0 Å². The van der Waals surface area contributed by atoms with Crippen LogP contribution in [0.5, 0.6) is 5.75 Å². The van der Waals surface area contributed by atoms with Crippen LogP contribution >= 0.6 is 15.9 Å². The number of methoxy groups -OCH3 is 1. The minimum Gasteiger partial charge on any atom is -0.497 e. The van der Waals surface area contributed by atoms with E-state index in [9.17, 15) is 0 Å². The Hall–Kier alpha value is -1.32. The summed E-state index contributed by atoms with van der Waals surface area (Å²) in [5, 5.41) is 3.49. The van der Waals surface area contributed by atoms with Crippen molar-refractivity contribution < 1.29 is 4.74 Å². The van der Waals surface area contributed by atoms with Gasteiger partial charge in [-0.2, -0.15) is 0 Å². The summed E-state index contributed by atoms with van der Waals surface area (Å²) in [6.07, 6.45) is 2.17. The molecular formula is C18H20BrNO. The molecule has 3 rings (SSSR count). The molecular weight excluding hydrogens is 326 g/mol.